The van der Waals surface area contributed by atoms with Gasteiger partial charge in [-0.15, -0.1) is 12.4 Å². The zero-order chi connectivity index (χ0) is 52.3. The quantitative estimate of drug-likeness (QED) is 0.0831. The fourth-order valence-corrected chi connectivity index (χ4v) is 8.45. The maximum absolute atomic E-state index is 13.7. The van der Waals surface area contributed by atoms with Gasteiger partial charge < -0.3 is 44.9 Å². The highest BCUT2D eigenvalue weighted by Gasteiger charge is 2.35. The van der Waals surface area contributed by atoms with Crippen molar-refractivity contribution in [2.45, 2.75) is 104 Å². The third-order valence-corrected chi connectivity index (χ3v) is 11.8. The summed E-state index contributed by atoms with van der Waals surface area (Å²) in [6.45, 7) is 12.4. The number of nitrogens with one attached hydrogen (secondary N) is 1. The van der Waals surface area contributed by atoms with Gasteiger partial charge in [-0.05, 0) is 147 Å². The number of ether oxygens (including phenoxy) is 4. The van der Waals surface area contributed by atoms with Crippen molar-refractivity contribution in [3.05, 3.63) is 168 Å². The standard InChI is InChI=1S/C34H40N2O6.C25H24N2O4.ClH/c1-33(2,3)41-30(37)21-28(35-32(39)42-34(4,5)6)31(38)36-19-18-26-20-25(14-17-29(26)36)24-12-15-27(16-13-24)40-22-23-10-8-7-9-11-23;26-22(15-24(28)29)25(30)27-13-12-20-14-19(8-11-23(20)27)18-6-9-21(10-7-18)31-16-17-4-2-1-3-5-17;/h7-17,20,28H,18-19,21-22H2,1-6H3,(H,35,39);1-11,14,22H,12-13,15-16,26H2,(H,28,29);1H/t28-;22-;/m11./s1. The third-order valence-electron chi connectivity index (χ3n) is 11.8. The Bertz CT molecular complexity index is 2850. The molecule has 2 aliphatic heterocycles. The van der Waals surface area contributed by atoms with Crippen molar-refractivity contribution in [2.24, 2.45) is 5.73 Å². The van der Waals surface area contributed by atoms with E-state index in [9.17, 15) is 24.0 Å². The van der Waals surface area contributed by atoms with Gasteiger partial charge in [0, 0.05) is 24.5 Å². The average molecular weight is 1030 g/mol. The van der Waals surface area contributed by atoms with E-state index in [0.29, 0.717) is 39.1 Å². The highest BCUT2D eigenvalue weighted by Crippen LogP contribution is 2.35. The van der Waals surface area contributed by atoms with Gasteiger partial charge in [0.25, 0.3) is 0 Å². The molecule has 2 atom stereocenters. The van der Waals surface area contributed by atoms with E-state index in [4.69, 9.17) is 29.8 Å². The second kappa shape index (κ2) is 24.8. The SMILES string of the molecule is CC(C)(C)OC(=O)C[C@@H](NC(=O)OC(C)(C)C)C(=O)N1CCc2cc(-c3ccc(OCc4ccccc4)cc3)ccc21.Cl.N[C@H](CC(=O)O)C(=O)N1CCc2cc(-c3ccc(OCc4ccccc4)cc3)ccc21. The number of hydrogen-bond donors (Lipinski definition) is 3. The Kier molecular flexibility index (Phi) is 18.7. The predicted molar refractivity (Wildman–Crippen MR) is 289 cm³/mol. The lowest BCUT2D eigenvalue weighted by atomic mass is 10.0. The van der Waals surface area contributed by atoms with Gasteiger partial charge in [-0.2, -0.15) is 0 Å². The lowest BCUT2D eigenvalue weighted by Crippen LogP contribution is -2.50. The summed E-state index contributed by atoms with van der Waals surface area (Å²) in [6.07, 6.45) is -0.0825. The number of halogens is 1. The monoisotopic (exact) mass is 1020 g/mol. The second-order valence-corrected chi connectivity index (χ2v) is 20.0. The van der Waals surface area contributed by atoms with Crippen LogP contribution in [0.3, 0.4) is 0 Å². The van der Waals surface area contributed by atoms with Crippen LogP contribution < -0.4 is 30.3 Å². The number of nitrogens with zero attached hydrogens (tertiary/aromatic N) is 2. The largest absolute Gasteiger partial charge is 0.489 e. The summed E-state index contributed by atoms with van der Waals surface area (Å²) in [6, 6.07) is 45.6. The molecular formula is C59H65ClN4O10. The van der Waals surface area contributed by atoms with Crippen LogP contribution in [0, 0.1) is 0 Å². The van der Waals surface area contributed by atoms with E-state index in [0.717, 1.165) is 67.4 Å². The molecule has 8 rings (SSSR count). The lowest BCUT2D eigenvalue weighted by Gasteiger charge is -2.27. The number of benzene rings is 6. The smallest absolute Gasteiger partial charge is 0.408 e. The summed E-state index contributed by atoms with van der Waals surface area (Å²) in [5, 5.41) is 11.5. The molecule has 0 fully saturated rings. The van der Waals surface area contributed by atoms with Crippen molar-refractivity contribution in [3.8, 4) is 33.8 Å². The molecule has 388 valence electrons. The molecule has 0 saturated heterocycles. The molecule has 4 N–H and O–H groups in total. The minimum atomic E-state index is -1.14. The molecule has 2 aliphatic rings. The Morgan fingerprint density at radius 1 is 0.568 bits per heavy atom. The lowest BCUT2D eigenvalue weighted by molar-refractivity contribution is -0.156. The van der Waals surface area contributed by atoms with Gasteiger partial charge in [-0.1, -0.05) is 97.1 Å². The number of rotatable bonds is 15. The van der Waals surface area contributed by atoms with Crippen LogP contribution in [0.2, 0.25) is 0 Å². The number of carboxylic acids is 1. The first-order valence-electron chi connectivity index (χ1n) is 24.4. The number of alkyl carbamates (subject to hydrolysis) is 1. The molecule has 0 aliphatic carbocycles. The van der Waals surface area contributed by atoms with Gasteiger partial charge in [0.15, 0.2) is 0 Å². The molecule has 6 aromatic rings. The molecule has 0 spiro atoms. The van der Waals surface area contributed by atoms with Crippen LogP contribution >= 0.6 is 12.4 Å². The first-order chi connectivity index (χ1) is 34.8. The molecule has 2 heterocycles. The number of amides is 3. The van der Waals surface area contributed by atoms with Crippen LogP contribution in [-0.2, 0) is 54.7 Å². The van der Waals surface area contributed by atoms with E-state index in [2.05, 4.69) is 17.4 Å². The number of fused-ring (bicyclic) bond motifs is 2. The van der Waals surface area contributed by atoms with Gasteiger partial charge >= 0.3 is 18.0 Å². The van der Waals surface area contributed by atoms with Gasteiger partial charge in [0.05, 0.1) is 18.9 Å². The first-order valence-corrected chi connectivity index (χ1v) is 24.4. The van der Waals surface area contributed by atoms with Crippen molar-refractivity contribution in [1.29, 1.82) is 0 Å². The molecular weight excluding hydrogens is 960 g/mol. The average Bonchev–Trinajstić information content (AvgIpc) is 3.98. The van der Waals surface area contributed by atoms with Crippen LogP contribution in [0.25, 0.3) is 22.3 Å². The zero-order valence-electron chi connectivity index (χ0n) is 42.7. The van der Waals surface area contributed by atoms with Crippen molar-refractivity contribution in [3.63, 3.8) is 0 Å². The molecule has 3 amide bonds. The summed E-state index contributed by atoms with van der Waals surface area (Å²) in [5.41, 5.74) is 14.3. The van der Waals surface area contributed by atoms with Crippen LogP contribution in [0.15, 0.2) is 146 Å². The number of carboxylic acid groups (broad SMARTS) is 1. The molecule has 0 radical (unpaired) electrons. The first kappa shape index (κ1) is 55.6. The maximum atomic E-state index is 13.7. The molecule has 0 unspecified atom stereocenters. The number of aliphatic carboxylic acids is 1. The van der Waals surface area contributed by atoms with Gasteiger partial charge in [0.2, 0.25) is 11.8 Å². The summed E-state index contributed by atoms with van der Waals surface area (Å²) in [4.78, 5) is 65.5. The van der Waals surface area contributed by atoms with Crippen LogP contribution in [0.5, 0.6) is 11.5 Å². The Morgan fingerprint density at radius 3 is 1.41 bits per heavy atom. The van der Waals surface area contributed by atoms with E-state index < -0.39 is 47.2 Å². The molecule has 74 heavy (non-hydrogen) atoms. The minimum Gasteiger partial charge on any atom is -0.489 e. The van der Waals surface area contributed by atoms with Gasteiger partial charge in [-0.3, -0.25) is 19.2 Å². The van der Waals surface area contributed by atoms with Gasteiger partial charge in [0.1, 0.15) is 42.0 Å². The number of carbonyl (C=O) groups excluding carboxylic acids is 4. The van der Waals surface area contributed by atoms with E-state index in [1.165, 1.54) is 0 Å². The maximum Gasteiger partial charge on any atom is 0.408 e. The Labute approximate surface area is 439 Å². The van der Waals surface area contributed by atoms with E-state index in [1.807, 2.05) is 133 Å². The summed E-state index contributed by atoms with van der Waals surface area (Å²) < 4.78 is 22.6. The summed E-state index contributed by atoms with van der Waals surface area (Å²) in [7, 11) is 0. The highest BCUT2D eigenvalue weighted by molar-refractivity contribution is 6.02. The molecule has 6 aromatic carbocycles. The Hall–Kier alpha value is -7.68. The number of nitrogens with two attached hydrogens (primary N) is 1. The van der Waals surface area contributed by atoms with E-state index in [-0.39, 0.29) is 31.2 Å². The van der Waals surface area contributed by atoms with Crippen LogP contribution in [0.4, 0.5) is 16.2 Å². The molecule has 15 heteroatoms. The fraction of sp³-hybridized carbons (Fsp3) is 0.305. The van der Waals surface area contributed by atoms with E-state index in [1.54, 1.807) is 51.3 Å². The normalized spacial score (nSPS) is 13.4. The Balaban J connectivity index is 0.000000248. The van der Waals surface area contributed by atoms with Crippen molar-refractivity contribution >= 4 is 53.6 Å². The van der Waals surface area contributed by atoms with Crippen molar-refractivity contribution in [2.75, 3.05) is 22.9 Å². The minimum absolute atomic E-state index is 0. The zero-order valence-corrected chi connectivity index (χ0v) is 43.5. The third kappa shape index (κ3) is 15.7. The molecule has 0 saturated carbocycles. The second-order valence-electron chi connectivity index (χ2n) is 20.0. The number of hydrogen-bond acceptors (Lipinski definition) is 10. The predicted octanol–water partition coefficient (Wildman–Crippen LogP) is 10.5. The molecule has 0 aromatic heterocycles. The van der Waals surface area contributed by atoms with Crippen LogP contribution in [-0.4, -0.2) is 71.3 Å². The highest BCUT2D eigenvalue weighted by atomic mass is 35.5. The number of anilines is 2. The molecule has 0 bridgehead atoms. The topological polar surface area (TPSA) is 187 Å². The van der Waals surface area contributed by atoms with Crippen molar-refractivity contribution in [1.82, 2.24) is 5.32 Å². The Morgan fingerprint density at radius 2 is 0.986 bits per heavy atom. The summed E-state index contributed by atoms with van der Waals surface area (Å²) >= 11 is 0. The fourth-order valence-electron chi connectivity index (χ4n) is 8.45. The van der Waals surface area contributed by atoms with Crippen molar-refractivity contribution < 1.29 is 48.0 Å². The van der Waals surface area contributed by atoms with Gasteiger partial charge in [-0.25, -0.2) is 4.79 Å². The number of esters is 1. The molecule has 14 nitrogen and oxygen atoms in total. The van der Waals surface area contributed by atoms with Crippen LogP contribution in [0.1, 0.15) is 76.6 Å². The van der Waals surface area contributed by atoms with E-state index >= 15 is 0 Å². The summed E-state index contributed by atoms with van der Waals surface area (Å²) in [5.74, 6) is -0.811. The number of carbonyl (C=O) groups is 5.